The van der Waals surface area contributed by atoms with Gasteiger partial charge in [-0.25, -0.2) is 18.2 Å². The summed E-state index contributed by atoms with van der Waals surface area (Å²) in [6.07, 6.45) is 3.87. The number of halogens is 3. The number of rotatable bonds is 6. The monoisotopic (exact) mass is 527 g/mol. The number of piperidine rings is 1. The average molecular weight is 528 g/mol. The van der Waals surface area contributed by atoms with Gasteiger partial charge in [0, 0.05) is 67.6 Å². The Morgan fingerprint density at radius 2 is 1.74 bits per heavy atom. The van der Waals surface area contributed by atoms with Crippen molar-refractivity contribution in [1.82, 2.24) is 9.97 Å². The summed E-state index contributed by atoms with van der Waals surface area (Å²) >= 11 is 0. The van der Waals surface area contributed by atoms with Gasteiger partial charge in [-0.1, -0.05) is 6.92 Å². The highest BCUT2D eigenvalue weighted by Crippen LogP contribution is 2.32. The Bertz CT molecular complexity index is 1250. The van der Waals surface area contributed by atoms with Crippen LogP contribution in [0.2, 0.25) is 0 Å². The minimum absolute atomic E-state index is 0.0144. The topological polar surface area (TPSA) is 87.7 Å². The largest absolute Gasteiger partial charge is 0.391 e. The lowest BCUT2D eigenvalue weighted by Crippen LogP contribution is -2.55. The summed E-state index contributed by atoms with van der Waals surface area (Å²) in [7, 11) is 0. The molecule has 0 saturated carbocycles. The van der Waals surface area contributed by atoms with Crippen LogP contribution in [0.1, 0.15) is 18.2 Å². The van der Waals surface area contributed by atoms with Crippen molar-refractivity contribution in [2.75, 3.05) is 49.2 Å². The van der Waals surface area contributed by atoms with Gasteiger partial charge < -0.3 is 25.4 Å². The normalized spacial score (nSPS) is 22.1. The fourth-order valence-corrected chi connectivity index (χ4v) is 5.28. The maximum Gasteiger partial charge on any atom is 0.149 e. The molecular formula is C28H32F3N5O2. The molecule has 2 aliphatic rings. The molecule has 2 fully saturated rings. The number of nitrogens with two attached hydrogens (primary N) is 1. The number of aliphatic hydroxyl groups is 1. The quantitative estimate of drug-likeness (QED) is 0.509. The molecule has 3 atom stereocenters. The summed E-state index contributed by atoms with van der Waals surface area (Å²) in [5.41, 5.74) is 8.15. The van der Waals surface area contributed by atoms with Crippen molar-refractivity contribution >= 4 is 11.4 Å². The van der Waals surface area contributed by atoms with Crippen LogP contribution in [-0.2, 0) is 17.6 Å². The second-order valence-electron chi connectivity index (χ2n) is 10.1. The van der Waals surface area contributed by atoms with Crippen LogP contribution in [0.3, 0.4) is 0 Å². The number of benzene rings is 1. The summed E-state index contributed by atoms with van der Waals surface area (Å²) in [6.45, 7) is 5.15. The molecule has 0 spiro atoms. The summed E-state index contributed by atoms with van der Waals surface area (Å²) in [4.78, 5) is 12.6. The number of ether oxygens (including phenoxy) is 1. The van der Waals surface area contributed by atoms with E-state index in [1.807, 2.05) is 17.9 Å². The summed E-state index contributed by atoms with van der Waals surface area (Å²) in [6, 6.07) is 6.73. The van der Waals surface area contributed by atoms with Crippen molar-refractivity contribution < 1.29 is 23.0 Å². The molecule has 0 bridgehead atoms. The molecular weight excluding hydrogens is 495 g/mol. The van der Waals surface area contributed by atoms with E-state index in [-0.39, 0.29) is 17.7 Å². The molecule has 0 amide bonds. The lowest BCUT2D eigenvalue weighted by Gasteiger charge is -2.40. The number of hydrogen-bond donors (Lipinski definition) is 2. The smallest absolute Gasteiger partial charge is 0.149 e. The molecule has 38 heavy (non-hydrogen) atoms. The molecule has 2 saturated heterocycles. The summed E-state index contributed by atoms with van der Waals surface area (Å²) in [5, 5.41) is 10.2. The first-order valence-corrected chi connectivity index (χ1v) is 12.9. The summed E-state index contributed by atoms with van der Waals surface area (Å²) < 4.78 is 50.3. The van der Waals surface area contributed by atoms with Crippen LogP contribution in [0.25, 0.3) is 11.3 Å². The second-order valence-corrected chi connectivity index (χ2v) is 10.1. The predicted molar refractivity (Wildman–Crippen MR) is 140 cm³/mol. The van der Waals surface area contributed by atoms with Crippen molar-refractivity contribution in [3.8, 4) is 11.3 Å². The SMILES string of the molecule is C[C@H]1CN(c2ccncc2CCc2ccc(F)c(-c3c(F)cc(N4CCOCC4)cc3F)n2)C[C@@H](N)[C@@H]1O. The number of morpholine rings is 1. The molecule has 3 aromatic rings. The van der Waals surface area contributed by atoms with Gasteiger partial charge in [0.15, 0.2) is 0 Å². The third-order valence-corrected chi connectivity index (χ3v) is 7.37. The molecule has 4 heterocycles. The van der Waals surface area contributed by atoms with Crippen LogP contribution in [-0.4, -0.2) is 66.6 Å². The fourth-order valence-electron chi connectivity index (χ4n) is 5.28. The molecule has 202 valence electrons. The van der Waals surface area contributed by atoms with Gasteiger partial charge in [0.25, 0.3) is 0 Å². The predicted octanol–water partition coefficient (Wildman–Crippen LogP) is 3.33. The van der Waals surface area contributed by atoms with Crippen molar-refractivity contribution in [1.29, 1.82) is 0 Å². The van der Waals surface area contributed by atoms with E-state index in [1.54, 1.807) is 12.4 Å². The van der Waals surface area contributed by atoms with Crippen LogP contribution in [0.5, 0.6) is 0 Å². The van der Waals surface area contributed by atoms with E-state index < -0.39 is 29.1 Å². The van der Waals surface area contributed by atoms with Gasteiger partial charge in [0.1, 0.15) is 23.1 Å². The molecule has 7 nitrogen and oxygen atoms in total. The van der Waals surface area contributed by atoms with Crippen molar-refractivity contribution in [3.63, 3.8) is 0 Å². The molecule has 0 unspecified atom stereocenters. The lowest BCUT2D eigenvalue weighted by atomic mass is 9.92. The van der Waals surface area contributed by atoms with Gasteiger partial charge >= 0.3 is 0 Å². The number of anilines is 2. The molecule has 0 aliphatic carbocycles. The molecule has 1 aromatic carbocycles. The first kappa shape index (κ1) is 26.4. The number of aliphatic hydroxyl groups excluding tert-OH is 1. The standard InChI is InChI=1S/C28H32F3N5O2/c1-17-15-36(16-24(32)28(17)37)25-6-7-33-14-18(25)2-3-19-4-5-21(29)27(34-19)26-22(30)12-20(13-23(26)31)35-8-10-38-11-9-35/h4-7,12-14,17,24,28,37H,2-3,8-11,15-16,32H2,1H3/t17-,24+,28+/m0/s1. The van der Waals surface area contributed by atoms with Crippen LogP contribution < -0.4 is 15.5 Å². The van der Waals surface area contributed by atoms with E-state index in [4.69, 9.17) is 10.5 Å². The number of nitrogens with zero attached hydrogens (tertiary/aromatic N) is 4. The zero-order valence-corrected chi connectivity index (χ0v) is 21.3. The van der Waals surface area contributed by atoms with Crippen LogP contribution in [0.15, 0.2) is 42.7 Å². The lowest BCUT2D eigenvalue weighted by molar-refractivity contribution is 0.0784. The van der Waals surface area contributed by atoms with Gasteiger partial charge in [-0.2, -0.15) is 0 Å². The summed E-state index contributed by atoms with van der Waals surface area (Å²) in [5.74, 6) is -2.49. The molecule has 2 aliphatic heterocycles. The maximum absolute atomic E-state index is 15.1. The van der Waals surface area contributed by atoms with Gasteiger partial charge in [-0.15, -0.1) is 0 Å². The molecule has 2 aromatic heterocycles. The van der Waals surface area contributed by atoms with E-state index in [9.17, 15) is 9.50 Å². The van der Waals surface area contributed by atoms with Gasteiger partial charge in [-0.05, 0) is 48.7 Å². The van der Waals surface area contributed by atoms with Gasteiger partial charge in [0.05, 0.1) is 24.9 Å². The Labute approximate surface area is 220 Å². The van der Waals surface area contributed by atoms with E-state index >= 15 is 8.78 Å². The third-order valence-electron chi connectivity index (χ3n) is 7.37. The Balaban J connectivity index is 1.36. The number of hydrogen-bond acceptors (Lipinski definition) is 7. The highest BCUT2D eigenvalue weighted by Gasteiger charge is 2.31. The first-order chi connectivity index (χ1) is 18.3. The van der Waals surface area contributed by atoms with Crippen LogP contribution in [0.4, 0.5) is 24.5 Å². The van der Waals surface area contributed by atoms with E-state index in [0.717, 1.165) is 11.3 Å². The Morgan fingerprint density at radius 3 is 2.45 bits per heavy atom. The first-order valence-electron chi connectivity index (χ1n) is 12.9. The minimum Gasteiger partial charge on any atom is -0.391 e. The van der Waals surface area contributed by atoms with Crippen molar-refractivity contribution in [2.45, 2.75) is 31.9 Å². The van der Waals surface area contributed by atoms with Crippen molar-refractivity contribution in [3.05, 3.63) is 71.4 Å². The minimum atomic E-state index is -0.859. The molecule has 0 radical (unpaired) electrons. The van der Waals surface area contributed by atoms with Crippen LogP contribution in [0, 0.1) is 23.4 Å². The number of aromatic nitrogens is 2. The van der Waals surface area contributed by atoms with Gasteiger partial charge in [0.2, 0.25) is 0 Å². The maximum atomic E-state index is 15.1. The molecule has 5 rings (SSSR count). The third kappa shape index (κ3) is 5.48. The van der Waals surface area contributed by atoms with E-state index in [0.29, 0.717) is 63.6 Å². The Kier molecular flexibility index (Phi) is 7.83. The van der Waals surface area contributed by atoms with E-state index in [2.05, 4.69) is 14.9 Å². The van der Waals surface area contributed by atoms with Gasteiger partial charge in [-0.3, -0.25) is 4.98 Å². The molecule has 3 N–H and O–H groups in total. The molecule has 10 heteroatoms. The van der Waals surface area contributed by atoms with Crippen LogP contribution >= 0.6 is 0 Å². The Morgan fingerprint density at radius 1 is 1.00 bits per heavy atom. The number of pyridine rings is 2. The zero-order chi connectivity index (χ0) is 26.8. The number of aryl methyl sites for hydroxylation is 2. The highest BCUT2D eigenvalue weighted by molar-refractivity contribution is 5.66. The fraction of sp³-hybridized carbons (Fsp3) is 0.429. The Hall–Kier alpha value is -3.21. The zero-order valence-electron chi connectivity index (χ0n) is 21.3. The highest BCUT2D eigenvalue weighted by atomic mass is 19.1. The van der Waals surface area contributed by atoms with E-state index in [1.165, 1.54) is 24.3 Å². The van der Waals surface area contributed by atoms with Crippen molar-refractivity contribution in [2.24, 2.45) is 11.7 Å². The average Bonchev–Trinajstić information content (AvgIpc) is 2.92. The second kappa shape index (κ2) is 11.3.